The molecule has 0 radical (unpaired) electrons. The third-order valence-electron chi connectivity index (χ3n) is 4.88. The molecule has 0 bridgehead atoms. The maximum Gasteiger partial charge on any atom is 0.0205 e. The first kappa shape index (κ1) is 21.4. The second-order valence-electron chi connectivity index (χ2n) is 7.26. The zero-order valence-electron chi connectivity index (χ0n) is 16.2. The SMILES string of the molecule is [SiH3]CCCCCCCCCCCCCCCNCc1ccccc1. The molecule has 0 spiro atoms. The van der Waals surface area contributed by atoms with Crippen molar-refractivity contribution in [2.45, 2.75) is 96.1 Å². The van der Waals surface area contributed by atoms with Crippen LogP contribution in [0.25, 0.3) is 0 Å². The molecule has 138 valence electrons. The Bertz CT molecular complexity index is 352. The summed E-state index contributed by atoms with van der Waals surface area (Å²) in [5, 5.41) is 3.55. The summed E-state index contributed by atoms with van der Waals surface area (Å²) in [6, 6.07) is 12.2. The number of rotatable bonds is 17. The average molecular weight is 348 g/mol. The molecule has 0 saturated heterocycles. The monoisotopic (exact) mass is 347 g/mol. The van der Waals surface area contributed by atoms with Gasteiger partial charge in [0.1, 0.15) is 0 Å². The number of hydrogen-bond acceptors (Lipinski definition) is 1. The normalized spacial score (nSPS) is 11.2. The van der Waals surface area contributed by atoms with Crippen LogP contribution in [0, 0.1) is 0 Å². The highest BCUT2D eigenvalue weighted by Gasteiger charge is 1.95. The van der Waals surface area contributed by atoms with Gasteiger partial charge in [0.05, 0.1) is 0 Å². The van der Waals surface area contributed by atoms with Crippen LogP contribution in [0.5, 0.6) is 0 Å². The summed E-state index contributed by atoms with van der Waals surface area (Å²) in [7, 11) is 1.40. The first-order chi connectivity index (χ1) is 11.9. The molecule has 1 aromatic carbocycles. The summed E-state index contributed by atoms with van der Waals surface area (Å²) >= 11 is 0. The van der Waals surface area contributed by atoms with E-state index in [2.05, 4.69) is 35.6 Å². The van der Waals surface area contributed by atoms with Crippen LogP contribution in [0.3, 0.4) is 0 Å². The number of nitrogens with one attached hydrogen (secondary N) is 1. The van der Waals surface area contributed by atoms with Crippen molar-refractivity contribution in [1.82, 2.24) is 5.32 Å². The van der Waals surface area contributed by atoms with Gasteiger partial charge in [-0.3, -0.25) is 0 Å². The average Bonchev–Trinajstić information content (AvgIpc) is 2.62. The summed E-state index contributed by atoms with van der Waals surface area (Å²) in [6.07, 6.45) is 18.9. The van der Waals surface area contributed by atoms with Gasteiger partial charge in [-0.05, 0) is 18.5 Å². The van der Waals surface area contributed by atoms with Crippen LogP contribution in [0.15, 0.2) is 30.3 Å². The van der Waals surface area contributed by atoms with E-state index >= 15 is 0 Å². The number of unbranched alkanes of at least 4 members (excludes halogenated alkanes) is 12. The third-order valence-corrected chi connectivity index (χ3v) is 5.59. The standard InChI is InChI=1S/C22H41NSi/c24-20-16-11-9-7-5-3-1-2-4-6-8-10-15-19-23-21-22-17-13-12-14-18-22/h12-14,17-18,23H,1-11,15-16,19-21H2,24H3. The van der Waals surface area contributed by atoms with E-state index in [1.807, 2.05) is 0 Å². The van der Waals surface area contributed by atoms with Crippen LogP contribution in [-0.4, -0.2) is 16.8 Å². The second-order valence-corrected chi connectivity index (χ2v) is 8.26. The summed E-state index contributed by atoms with van der Waals surface area (Å²) in [4.78, 5) is 0. The van der Waals surface area contributed by atoms with Crippen LogP contribution in [-0.2, 0) is 6.54 Å². The highest BCUT2D eigenvalue weighted by Crippen LogP contribution is 2.12. The number of hydrogen-bond donors (Lipinski definition) is 1. The molecule has 0 aliphatic rings. The van der Waals surface area contributed by atoms with Gasteiger partial charge in [0, 0.05) is 16.8 Å². The topological polar surface area (TPSA) is 12.0 Å². The van der Waals surface area contributed by atoms with Gasteiger partial charge in [-0.2, -0.15) is 0 Å². The molecule has 0 atom stereocenters. The van der Waals surface area contributed by atoms with E-state index in [1.54, 1.807) is 0 Å². The predicted octanol–water partition coefficient (Wildman–Crippen LogP) is 5.63. The Morgan fingerprint density at radius 2 is 1.04 bits per heavy atom. The fourth-order valence-corrected chi connectivity index (χ4v) is 3.77. The minimum atomic E-state index is 1.01. The first-order valence-electron chi connectivity index (χ1n) is 10.7. The fraction of sp³-hybridized carbons (Fsp3) is 0.727. The fourth-order valence-electron chi connectivity index (χ4n) is 3.27. The van der Waals surface area contributed by atoms with E-state index < -0.39 is 0 Å². The molecule has 1 aromatic rings. The molecule has 2 heteroatoms. The summed E-state index contributed by atoms with van der Waals surface area (Å²) < 4.78 is 0. The van der Waals surface area contributed by atoms with Crippen molar-refractivity contribution in [2.75, 3.05) is 6.54 Å². The lowest BCUT2D eigenvalue weighted by Gasteiger charge is -2.05. The molecule has 0 aromatic heterocycles. The molecular formula is C22H41NSi. The maximum absolute atomic E-state index is 3.55. The van der Waals surface area contributed by atoms with Gasteiger partial charge in [-0.25, -0.2) is 0 Å². The highest BCUT2D eigenvalue weighted by atomic mass is 28.1. The van der Waals surface area contributed by atoms with Crippen LogP contribution in [0.2, 0.25) is 6.04 Å². The largest absolute Gasteiger partial charge is 0.313 e. The molecule has 0 aliphatic carbocycles. The molecule has 24 heavy (non-hydrogen) atoms. The van der Waals surface area contributed by atoms with Crippen molar-refractivity contribution >= 4 is 10.2 Å². The van der Waals surface area contributed by atoms with Crippen LogP contribution < -0.4 is 5.32 Å². The lowest BCUT2D eigenvalue weighted by atomic mass is 10.0. The zero-order valence-corrected chi connectivity index (χ0v) is 18.2. The number of benzene rings is 1. The Kier molecular flexibility index (Phi) is 15.4. The van der Waals surface area contributed by atoms with Gasteiger partial charge in [0.25, 0.3) is 0 Å². The van der Waals surface area contributed by atoms with Gasteiger partial charge >= 0.3 is 0 Å². The van der Waals surface area contributed by atoms with E-state index in [9.17, 15) is 0 Å². The third kappa shape index (κ3) is 13.8. The molecule has 1 nitrogen and oxygen atoms in total. The van der Waals surface area contributed by atoms with Crippen LogP contribution >= 0.6 is 0 Å². The lowest BCUT2D eigenvalue weighted by molar-refractivity contribution is 0.532. The molecule has 0 amide bonds. The van der Waals surface area contributed by atoms with Crippen molar-refractivity contribution in [3.05, 3.63) is 35.9 Å². The summed E-state index contributed by atoms with van der Waals surface area (Å²) in [5.41, 5.74) is 1.39. The van der Waals surface area contributed by atoms with Crippen molar-refractivity contribution in [3.63, 3.8) is 0 Å². The van der Waals surface area contributed by atoms with E-state index in [0.717, 1.165) is 13.1 Å². The Hall–Kier alpha value is -0.603. The maximum atomic E-state index is 3.55. The molecule has 0 fully saturated rings. The van der Waals surface area contributed by atoms with Crippen LogP contribution in [0.1, 0.15) is 89.0 Å². The smallest absolute Gasteiger partial charge is 0.0205 e. The summed E-state index contributed by atoms with van der Waals surface area (Å²) in [5.74, 6) is 0. The predicted molar refractivity (Wildman–Crippen MR) is 113 cm³/mol. The molecule has 0 aliphatic heterocycles. The van der Waals surface area contributed by atoms with Crippen molar-refractivity contribution in [1.29, 1.82) is 0 Å². The Labute approximate surface area is 154 Å². The van der Waals surface area contributed by atoms with E-state index in [0.29, 0.717) is 0 Å². The van der Waals surface area contributed by atoms with Gasteiger partial charge in [0.2, 0.25) is 0 Å². The van der Waals surface area contributed by atoms with Gasteiger partial charge < -0.3 is 5.32 Å². The van der Waals surface area contributed by atoms with Crippen LogP contribution in [0.4, 0.5) is 0 Å². The second kappa shape index (κ2) is 17.2. The highest BCUT2D eigenvalue weighted by molar-refractivity contribution is 6.08. The first-order valence-corrected chi connectivity index (χ1v) is 12.1. The van der Waals surface area contributed by atoms with Gasteiger partial charge in [-0.1, -0.05) is 113 Å². The Morgan fingerprint density at radius 3 is 1.54 bits per heavy atom. The molecule has 1 N–H and O–H groups in total. The van der Waals surface area contributed by atoms with Crippen molar-refractivity contribution in [3.8, 4) is 0 Å². The molecular weight excluding hydrogens is 306 g/mol. The van der Waals surface area contributed by atoms with E-state index in [1.165, 1.54) is 105 Å². The van der Waals surface area contributed by atoms with Crippen molar-refractivity contribution in [2.24, 2.45) is 0 Å². The molecule has 0 saturated carbocycles. The van der Waals surface area contributed by atoms with E-state index in [4.69, 9.17) is 0 Å². The van der Waals surface area contributed by atoms with Gasteiger partial charge in [0.15, 0.2) is 0 Å². The summed E-state index contributed by atoms with van der Waals surface area (Å²) in [6.45, 7) is 2.18. The van der Waals surface area contributed by atoms with Gasteiger partial charge in [-0.15, -0.1) is 0 Å². The Morgan fingerprint density at radius 1 is 0.583 bits per heavy atom. The van der Waals surface area contributed by atoms with Crippen molar-refractivity contribution < 1.29 is 0 Å². The lowest BCUT2D eigenvalue weighted by Crippen LogP contribution is -2.14. The molecule has 0 unspecified atom stereocenters. The minimum Gasteiger partial charge on any atom is -0.313 e. The zero-order chi connectivity index (χ0) is 17.1. The molecule has 0 heterocycles. The van der Waals surface area contributed by atoms with E-state index in [-0.39, 0.29) is 0 Å². The minimum absolute atomic E-state index is 1.01. The molecule has 1 rings (SSSR count). The quantitative estimate of drug-likeness (QED) is 0.284. The Balaban J connectivity index is 1.70.